The maximum atomic E-state index is 13.6. The Hall–Kier alpha value is -2.72. The van der Waals surface area contributed by atoms with Gasteiger partial charge in [-0.15, -0.1) is 0 Å². The number of nitrogens with zero attached hydrogens (tertiary/aromatic N) is 3. The second-order valence-electron chi connectivity index (χ2n) is 8.06. The molecule has 32 heavy (non-hydrogen) atoms. The zero-order chi connectivity index (χ0) is 23.6. The highest BCUT2D eigenvalue weighted by Crippen LogP contribution is 2.32. The molecule has 10 heteroatoms. The van der Waals surface area contributed by atoms with Gasteiger partial charge in [-0.3, -0.25) is 4.79 Å². The van der Waals surface area contributed by atoms with E-state index in [0.717, 1.165) is 5.56 Å². The lowest BCUT2D eigenvalue weighted by molar-refractivity contribution is -0.120. The topological polar surface area (TPSA) is 111 Å². The molecule has 0 aromatic carbocycles. The maximum absolute atomic E-state index is 13.6. The Morgan fingerprint density at radius 3 is 2.62 bits per heavy atom. The SMILES string of the molecule is CCOC(=O)c1c(S(=O)(=O)N2CCC[C@H](C(=O)Nc3cc(C)ccn3)C2)c(C)n(C)c1C. The minimum absolute atomic E-state index is 0.0373. The van der Waals surface area contributed by atoms with E-state index >= 15 is 0 Å². The first-order valence-corrected chi connectivity index (χ1v) is 12.1. The van der Waals surface area contributed by atoms with Crippen molar-refractivity contribution in [2.45, 2.75) is 45.4 Å². The molecule has 1 amide bonds. The highest BCUT2D eigenvalue weighted by molar-refractivity contribution is 7.89. The van der Waals surface area contributed by atoms with Gasteiger partial charge in [0.2, 0.25) is 15.9 Å². The number of rotatable bonds is 6. The predicted molar refractivity (Wildman–Crippen MR) is 120 cm³/mol. The Morgan fingerprint density at radius 1 is 1.25 bits per heavy atom. The van der Waals surface area contributed by atoms with Crippen LogP contribution in [0.25, 0.3) is 0 Å². The number of pyridine rings is 1. The van der Waals surface area contributed by atoms with Gasteiger partial charge in [0.1, 0.15) is 16.3 Å². The fourth-order valence-electron chi connectivity index (χ4n) is 4.01. The number of nitrogens with one attached hydrogen (secondary N) is 1. The monoisotopic (exact) mass is 462 g/mol. The van der Waals surface area contributed by atoms with Gasteiger partial charge in [-0.05, 0) is 58.2 Å². The average Bonchev–Trinajstić information content (AvgIpc) is 2.98. The Bertz CT molecular complexity index is 1140. The molecule has 3 heterocycles. The van der Waals surface area contributed by atoms with Gasteiger partial charge in [0.15, 0.2) is 0 Å². The van der Waals surface area contributed by atoms with Crippen LogP contribution in [-0.4, -0.2) is 53.8 Å². The van der Waals surface area contributed by atoms with E-state index < -0.39 is 21.9 Å². The third-order valence-corrected chi connectivity index (χ3v) is 7.95. The number of hydrogen-bond donors (Lipinski definition) is 1. The van der Waals surface area contributed by atoms with E-state index in [-0.39, 0.29) is 36.1 Å². The number of amides is 1. The third kappa shape index (κ3) is 4.56. The van der Waals surface area contributed by atoms with Gasteiger partial charge in [-0.25, -0.2) is 18.2 Å². The van der Waals surface area contributed by atoms with Gasteiger partial charge in [0, 0.05) is 37.7 Å². The van der Waals surface area contributed by atoms with Crippen molar-refractivity contribution >= 4 is 27.7 Å². The van der Waals surface area contributed by atoms with Crippen molar-refractivity contribution in [2.24, 2.45) is 13.0 Å². The van der Waals surface area contributed by atoms with Crippen LogP contribution < -0.4 is 5.32 Å². The molecule has 0 aliphatic carbocycles. The smallest absolute Gasteiger partial charge is 0.341 e. The summed E-state index contributed by atoms with van der Waals surface area (Å²) in [5, 5.41) is 2.79. The fraction of sp³-hybridized carbons (Fsp3) is 0.500. The molecular formula is C22H30N4O5S. The summed E-state index contributed by atoms with van der Waals surface area (Å²) >= 11 is 0. The number of aromatic nitrogens is 2. The van der Waals surface area contributed by atoms with E-state index in [2.05, 4.69) is 10.3 Å². The molecule has 0 radical (unpaired) electrons. The van der Waals surface area contributed by atoms with Gasteiger partial charge in [0.25, 0.3) is 0 Å². The van der Waals surface area contributed by atoms with Crippen LogP contribution >= 0.6 is 0 Å². The van der Waals surface area contributed by atoms with E-state index in [9.17, 15) is 18.0 Å². The lowest BCUT2D eigenvalue weighted by atomic mass is 9.99. The maximum Gasteiger partial charge on any atom is 0.341 e. The molecule has 0 saturated carbocycles. The van der Waals surface area contributed by atoms with Gasteiger partial charge >= 0.3 is 5.97 Å². The van der Waals surface area contributed by atoms with Crippen molar-refractivity contribution < 1.29 is 22.7 Å². The molecule has 1 aliphatic rings. The molecule has 2 aromatic heterocycles. The summed E-state index contributed by atoms with van der Waals surface area (Å²) in [5.74, 6) is -1.01. The van der Waals surface area contributed by atoms with E-state index in [1.807, 2.05) is 13.0 Å². The molecule has 0 unspecified atom stereocenters. The number of aryl methyl sites for hydroxylation is 1. The molecule has 3 rings (SSSR count). The summed E-state index contributed by atoms with van der Waals surface area (Å²) in [6.07, 6.45) is 2.72. The quantitative estimate of drug-likeness (QED) is 0.661. The molecule has 1 atom stereocenters. The molecule has 0 spiro atoms. The van der Waals surface area contributed by atoms with Crippen LogP contribution in [0, 0.1) is 26.7 Å². The van der Waals surface area contributed by atoms with Crippen LogP contribution in [0.2, 0.25) is 0 Å². The summed E-state index contributed by atoms with van der Waals surface area (Å²) in [5.41, 5.74) is 2.00. The van der Waals surface area contributed by atoms with Crippen molar-refractivity contribution in [1.82, 2.24) is 13.9 Å². The summed E-state index contributed by atoms with van der Waals surface area (Å²) in [7, 11) is -2.30. The van der Waals surface area contributed by atoms with Crippen LogP contribution in [0.5, 0.6) is 0 Å². The predicted octanol–water partition coefficient (Wildman–Crippen LogP) is 2.56. The van der Waals surface area contributed by atoms with E-state index in [1.165, 1.54) is 4.31 Å². The van der Waals surface area contributed by atoms with Gasteiger partial charge in [-0.1, -0.05) is 0 Å². The van der Waals surface area contributed by atoms with Crippen LogP contribution in [0.4, 0.5) is 5.82 Å². The zero-order valence-electron chi connectivity index (χ0n) is 19.1. The minimum Gasteiger partial charge on any atom is -0.462 e. The van der Waals surface area contributed by atoms with Crippen molar-refractivity contribution in [3.63, 3.8) is 0 Å². The molecule has 1 N–H and O–H groups in total. The number of piperidine rings is 1. The zero-order valence-corrected chi connectivity index (χ0v) is 20.0. The molecule has 9 nitrogen and oxygen atoms in total. The minimum atomic E-state index is -4.02. The van der Waals surface area contributed by atoms with Gasteiger partial charge in [-0.2, -0.15) is 4.31 Å². The first kappa shape index (κ1) is 23.9. The van der Waals surface area contributed by atoms with Gasteiger partial charge in [0.05, 0.1) is 12.5 Å². The largest absolute Gasteiger partial charge is 0.462 e. The summed E-state index contributed by atoms with van der Waals surface area (Å²) < 4.78 is 35.4. The van der Waals surface area contributed by atoms with Crippen LogP contribution in [0.1, 0.15) is 47.1 Å². The number of carbonyl (C=O) groups excluding carboxylic acids is 2. The van der Waals surface area contributed by atoms with Crippen molar-refractivity contribution in [1.29, 1.82) is 0 Å². The Labute approximate surface area is 188 Å². The first-order chi connectivity index (χ1) is 15.1. The molecule has 2 aromatic rings. The third-order valence-electron chi connectivity index (χ3n) is 5.92. The number of hydrogen-bond acceptors (Lipinski definition) is 6. The fourth-order valence-corrected chi connectivity index (χ4v) is 6.02. The number of anilines is 1. The Morgan fingerprint density at radius 2 is 1.97 bits per heavy atom. The summed E-state index contributed by atoms with van der Waals surface area (Å²) in [6, 6.07) is 3.59. The summed E-state index contributed by atoms with van der Waals surface area (Å²) in [4.78, 5) is 29.5. The number of ether oxygens (including phenoxy) is 1. The average molecular weight is 463 g/mol. The summed E-state index contributed by atoms with van der Waals surface area (Å²) in [6.45, 7) is 7.40. The highest BCUT2D eigenvalue weighted by atomic mass is 32.2. The highest BCUT2D eigenvalue weighted by Gasteiger charge is 2.39. The second-order valence-corrected chi connectivity index (χ2v) is 9.94. The van der Waals surface area contributed by atoms with Crippen LogP contribution in [0.3, 0.4) is 0 Å². The number of esters is 1. The van der Waals surface area contributed by atoms with Crippen LogP contribution in [-0.2, 0) is 26.6 Å². The van der Waals surface area contributed by atoms with Crippen LogP contribution in [0.15, 0.2) is 23.2 Å². The molecule has 174 valence electrons. The standard InChI is InChI=1S/C22H30N4O5S/c1-6-31-22(28)19-15(3)25(5)16(4)20(19)32(29,30)26-11-7-8-17(13-26)21(27)24-18-12-14(2)9-10-23-18/h9-10,12,17H,6-8,11,13H2,1-5H3,(H,23,24,27)/t17-/m0/s1. The van der Waals surface area contributed by atoms with E-state index in [1.54, 1.807) is 44.6 Å². The van der Waals surface area contributed by atoms with Gasteiger partial charge < -0.3 is 14.6 Å². The Kier molecular flexibility index (Phi) is 7.04. The molecule has 1 aliphatic heterocycles. The van der Waals surface area contributed by atoms with Crippen molar-refractivity contribution in [3.05, 3.63) is 40.8 Å². The lowest BCUT2D eigenvalue weighted by Gasteiger charge is -2.31. The van der Waals surface area contributed by atoms with E-state index in [0.29, 0.717) is 30.0 Å². The van der Waals surface area contributed by atoms with Crippen molar-refractivity contribution in [3.8, 4) is 0 Å². The second kappa shape index (κ2) is 9.41. The number of sulfonamides is 1. The first-order valence-electron chi connectivity index (χ1n) is 10.6. The molecular weight excluding hydrogens is 432 g/mol. The molecule has 1 fully saturated rings. The molecule has 0 bridgehead atoms. The van der Waals surface area contributed by atoms with Crippen molar-refractivity contribution in [2.75, 3.05) is 25.0 Å². The normalized spacial score (nSPS) is 17.2. The number of carbonyl (C=O) groups is 2. The molecule has 1 saturated heterocycles. The lowest BCUT2D eigenvalue weighted by Crippen LogP contribution is -2.44. The van der Waals surface area contributed by atoms with E-state index in [4.69, 9.17) is 4.74 Å². The Balaban J connectivity index is 1.88.